The standard InChI is InChI=1S/C25H17ClN2OS/c1-16-11-13-17(14-12-16)15-20-25(29)28(18-7-3-2-4-8-18)24(27-20)23-22(26)19-9-5-6-10-21(19)30-23/h2-15H,1H3/b20-15+. The summed E-state index contributed by atoms with van der Waals surface area (Å²) in [5, 5.41) is 1.60. The number of thiophene rings is 1. The van der Waals surface area contributed by atoms with Gasteiger partial charge in [-0.1, -0.05) is 77.8 Å². The van der Waals surface area contributed by atoms with Crippen molar-refractivity contribution < 1.29 is 4.79 Å². The average molecular weight is 429 g/mol. The second-order valence-electron chi connectivity index (χ2n) is 7.09. The highest BCUT2D eigenvalue weighted by Crippen LogP contribution is 2.39. The predicted octanol–water partition coefficient (Wildman–Crippen LogP) is 6.70. The third-order valence-corrected chi connectivity index (χ3v) is 6.66. The van der Waals surface area contributed by atoms with Crippen LogP contribution in [-0.4, -0.2) is 11.7 Å². The summed E-state index contributed by atoms with van der Waals surface area (Å²) < 4.78 is 1.07. The van der Waals surface area contributed by atoms with E-state index < -0.39 is 0 Å². The molecule has 1 aliphatic rings. The van der Waals surface area contributed by atoms with Crippen LogP contribution in [0.4, 0.5) is 5.69 Å². The molecule has 3 aromatic carbocycles. The van der Waals surface area contributed by atoms with E-state index in [4.69, 9.17) is 16.6 Å². The SMILES string of the molecule is Cc1ccc(/C=C2/N=C(c3sc4ccccc4c3Cl)N(c3ccccc3)C2=O)cc1. The van der Waals surface area contributed by atoms with Crippen molar-refractivity contribution >= 4 is 56.5 Å². The number of nitrogens with zero attached hydrogens (tertiary/aromatic N) is 2. The lowest BCUT2D eigenvalue weighted by Crippen LogP contribution is -2.32. The molecule has 3 nitrogen and oxygen atoms in total. The second kappa shape index (κ2) is 7.56. The smallest absolute Gasteiger partial charge is 0.266 e. The van der Waals surface area contributed by atoms with E-state index in [1.165, 1.54) is 5.56 Å². The van der Waals surface area contributed by atoms with Crippen LogP contribution in [0.25, 0.3) is 16.2 Å². The van der Waals surface area contributed by atoms with Gasteiger partial charge in [-0.2, -0.15) is 0 Å². The average Bonchev–Trinajstić information content (AvgIpc) is 3.27. The number of para-hydroxylation sites is 1. The Kier molecular flexibility index (Phi) is 4.74. The minimum Gasteiger partial charge on any atom is -0.266 e. The van der Waals surface area contributed by atoms with Crippen molar-refractivity contribution in [2.45, 2.75) is 6.92 Å². The third kappa shape index (κ3) is 3.24. The molecule has 0 bridgehead atoms. The number of benzene rings is 3. The molecule has 0 spiro atoms. The Morgan fingerprint density at radius 1 is 0.933 bits per heavy atom. The molecule has 0 aliphatic carbocycles. The van der Waals surface area contributed by atoms with Gasteiger partial charge >= 0.3 is 0 Å². The lowest BCUT2D eigenvalue weighted by molar-refractivity contribution is -0.113. The van der Waals surface area contributed by atoms with Crippen molar-refractivity contribution in [1.29, 1.82) is 0 Å². The molecule has 5 heteroatoms. The maximum absolute atomic E-state index is 13.4. The first kappa shape index (κ1) is 18.8. The first-order valence-corrected chi connectivity index (χ1v) is 10.8. The first-order chi connectivity index (χ1) is 14.6. The molecule has 0 unspecified atom stereocenters. The van der Waals surface area contributed by atoms with Crippen LogP contribution in [0.15, 0.2) is 89.6 Å². The number of aliphatic imine (C=N–C) groups is 1. The minimum atomic E-state index is -0.162. The molecule has 5 rings (SSSR count). The van der Waals surface area contributed by atoms with E-state index >= 15 is 0 Å². The summed E-state index contributed by atoms with van der Waals surface area (Å²) in [6.07, 6.45) is 1.83. The molecule has 146 valence electrons. The van der Waals surface area contributed by atoms with Crippen LogP contribution in [0.2, 0.25) is 5.02 Å². The summed E-state index contributed by atoms with van der Waals surface area (Å²) >= 11 is 8.28. The fourth-order valence-corrected chi connectivity index (χ4v) is 4.96. The van der Waals surface area contributed by atoms with Crippen molar-refractivity contribution in [1.82, 2.24) is 0 Å². The maximum atomic E-state index is 13.4. The van der Waals surface area contributed by atoms with Gasteiger partial charge in [0.05, 0.1) is 15.6 Å². The third-order valence-electron chi connectivity index (χ3n) is 4.99. The molecule has 30 heavy (non-hydrogen) atoms. The van der Waals surface area contributed by atoms with Gasteiger partial charge in [-0.05, 0) is 36.8 Å². The van der Waals surface area contributed by atoms with Gasteiger partial charge in [0.15, 0.2) is 5.84 Å². The van der Waals surface area contributed by atoms with Crippen LogP contribution in [0.5, 0.6) is 0 Å². The zero-order valence-corrected chi connectivity index (χ0v) is 17.7. The van der Waals surface area contributed by atoms with Gasteiger partial charge in [0, 0.05) is 10.1 Å². The van der Waals surface area contributed by atoms with Crippen LogP contribution >= 0.6 is 22.9 Å². The topological polar surface area (TPSA) is 32.7 Å². The largest absolute Gasteiger partial charge is 0.282 e. The summed E-state index contributed by atoms with van der Waals surface area (Å²) in [5.41, 5.74) is 3.26. The van der Waals surface area contributed by atoms with E-state index in [0.717, 1.165) is 26.2 Å². The molecule has 0 saturated carbocycles. The van der Waals surface area contributed by atoms with Crippen LogP contribution in [0.1, 0.15) is 16.0 Å². The summed E-state index contributed by atoms with van der Waals surface area (Å²) in [5.74, 6) is 0.404. The molecule has 1 aliphatic heterocycles. The van der Waals surface area contributed by atoms with Crippen molar-refractivity contribution in [2.24, 2.45) is 4.99 Å². The van der Waals surface area contributed by atoms with E-state index in [-0.39, 0.29) is 5.91 Å². The quantitative estimate of drug-likeness (QED) is 0.334. The molecule has 0 saturated heterocycles. The number of aryl methyl sites for hydroxylation is 1. The van der Waals surface area contributed by atoms with E-state index in [0.29, 0.717) is 16.6 Å². The molecular weight excluding hydrogens is 412 g/mol. The normalized spacial score (nSPS) is 15.3. The molecule has 0 fully saturated rings. The second-order valence-corrected chi connectivity index (χ2v) is 8.52. The van der Waals surface area contributed by atoms with E-state index in [1.807, 2.05) is 91.9 Å². The van der Waals surface area contributed by atoms with E-state index in [9.17, 15) is 4.79 Å². The molecule has 1 amide bonds. The van der Waals surface area contributed by atoms with Crippen LogP contribution in [-0.2, 0) is 4.79 Å². The highest BCUT2D eigenvalue weighted by atomic mass is 35.5. The van der Waals surface area contributed by atoms with Gasteiger partial charge in [0.25, 0.3) is 5.91 Å². The lowest BCUT2D eigenvalue weighted by atomic mass is 10.1. The minimum absolute atomic E-state index is 0.162. The van der Waals surface area contributed by atoms with E-state index in [2.05, 4.69) is 0 Å². The molecular formula is C25H17ClN2OS. The lowest BCUT2D eigenvalue weighted by Gasteiger charge is -2.17. The number of rotatable bonds is 3. The number of fused-ring (bicyclic) bond motifs is 1. The van der Waals surface area contributed by atoms with Gasteiger partial charge in [0.1, 0.15) is 5.70 Å². The van der Waals surface area contributed by atoms with Gasteiger partial charge in [-0.15, -0.1) is 11.3 Å². The number of halogens is 1. The highest BCUT2D eigenvalue weighted by molar-refractivity contribution is 7.21. The number of carbonyl (C=O) groups is 1. The molecule has 0 N–H and O–H groups in total. The summed E-state index contributed by atoms with van der Waals surface area (Å²) in [7, 11) is 0. The zero-order valence-electron chi connectivity index (χ0n) is 16.2. The van der Waals surface area contributed by atoms with Gasteiger partial charge in [-0.25, -0.2) is 4.99 Å². The molecule has 2 heterocycles. The highest BCUT2D eigenvalue weighted by Gasteiger charge is 2.34. The molecule has 0 radical (unpaired) electrons. The Bertz CT molecular complexity index is 1320. The van der Waals surface area contributed by atoms with Crippen LogP contribution in [0.3, 0.4) is 0 Å². The number of hydrogen-bond acceptors (Lipinski definition) is 3. The Morgan fingerprint density at radius 2 is 1.63 bits per heavy atom. The number of amidine groups is 1. The fourth-order valence-electron chi connectivity index (χ4n) is 3.46. The van der Waals surface area contributed by atoms with E-state index in [1.54, 1.807) is 16.2 Å². The zero-order chi connectivity index (χ0) is 20.7. The Morgan fingerprint density at radius 3 is 2.37 bits per heavy atom. The Hall–Kier alpha value is -3.21. The van der Waals surface area contributed by atoms with Crippen molar-refractivity contribution in [3.05, 3.63) is 106 Å². The number of anilines is 1. The van der Waals surface area contributed by atoms with Gasteiger partial charge in [-0.3, -0.25) is 9.69 Å². The van der Waals surface area contributed by atoms with Crippen molar-refractivity contribution in [3.8, 4) is 0 Å². The Balaban J connectivity index is 1.68. The number of carbonyl (C=O) groups excluding carboxylic acids is 1. The summed E-state index contributed by atoms with van der Waals surface area (Å²) in [6.45, 7) is 2.04. The summed E-state index contributed by atoms with van der Waals surface area (Å²) in [4.78, 5) is 20.6. The number of amides is 1. The fraction of sp³-hybridized carbons (Fsp3) is 0.0400. The van der Waals surface area contributed by atoms with Gasteiger partial charge in [0.2, 0.25) is 0 Å². The predicted molar refractivity (Wildman–Crippen MR) is 126 cm³/mol. The van der Waals surface area contributed by atoms with Gasteiger partial charge < -0.3 is 0 Å². The molecule has 0 atom stereocenters. The van der Waals surface area contributed by atoms with Crippen molar-refractivity contribution in [2.75, 3.05) is 4.90 Å². The molecule has 4 aromatic rings. The maximum Gasteiger partial charge on any atom is 0.282 e. The monoisotopic (exact) mass is 428 g/mol. The van der Waals surface area contributed by atoms with Crippen LogP contribution in [0, 0.1) is 6.92 Å². The summed E-state index contributed by atoms with van der Waals surface area (Å²) in [6, 6.07) is 25.6. The number of hydrogen-bond donors (Lipinski definition) is 0. The molecule has 1 aromatic heterocycles. The first-order valence-electron chi connectivity index (χ1n) is 9.56. The Labute approximate surface area is 183 Å². The van der Waals surface area contributed by atoms with Crippen molar-refractivity contribution in [3.63, 3.8) is 0 Å². The van der Waals surface area contributed by atoms with Crippen LogP contribution < -0.4 is 4.90 Å².